The van der Waals surface area contributed by atoms with Crippen molar-refractivity contribution in [1.29, 1.82) is 0 Å². The quantitative estimate of drug-likeness (QED) is 0.456. The SMILES string of the molecule is COc1ccc(C=NNC(=S)Nc2cccc(C)c2C)cc1O. The van der Waals surface area contributed by atoms with Gasteiger partial charge in [-0.05, 0) is 67.0 Å². The average Bonchev–Trinajstić information content (AvgIpc) is 2.52. The molecule has 2 aromatic carbocycles. The summed E-state index contributed by atoms with van der Waals surface area (Å²) in [6.07, 6.45) is 1.57. The smallest absolute Gasteiger partial charge is 0.191 e. The molecule has 0 aliphatic carbocycles. The van der Waals surface area contributed by atoms with Crippen LogP contribution in [-0.2, 0) is 0 Å². The molecule has 0 fully saturated rings. The molecule has 3 N–H and O–H groups in total. The van der Waals surface area contributed by atoms with Crippen LogP contribution in [0.3, 0.4) is 0 Å². The number of hydrazone groups is 1. The number of thiocarbonyl (C=S) groups is 1. The van der Waals surface area contributed by atoms with Crippen molar-refractivity contribution >= 4 is 29.2 Å². The number of phenols is 1. The average molecular weight is 329 g/mol. The molecule has 5 nitrogen and oxygen atoms in total. The normalized spacial score (nSPS) is 10.6. The van der Waals surface area contributed by atoms with Gasteiger partial charge < -0.3 is 15.2 Å². The first-order chi connectivity index (χ1) is 11.0. The molecule has 0 saturated carbocycles. The number of aryl methyl sites for hydroxylation is 1. The van der Waals surface area contributed by atoms with Crippen LogP contribution >= 0.6 is 12.2 Å². The Hall–Kier alpha value is -2.60. The van der Waals surface area contributed by atoms with Crippen molar-refractivity contribution in [2.75, 3.05) is 12.4 Å². The van der Waals surface area contributed by atoms with Crippen molar-refractivity contribution in [2.24, 2.45) is 5.10 Å². The van der Waals surface area contributed by atoms with Crippen LogP contribution in [0.15, 0.2) is 41.5 Å². The summed E-state index contributed by atoms with van der Waals surface area (Å²) in [5.41, 5.74) is 6.75. The molecule has 0 bridgehead atoms. The molecular weight excluding hydrogens is 310 g/mol. The van der Waals surface area contributed by atoms with Gasteiger partial charge in [0.1, 0.15) is 0 Å². The van der Waals surface area contributed by atoms with Crippen LogP contribution in [0.5, 0.6) is 11.5 Å². The number of aromatic hydroxyl groups is 1. The van der Waals surface area contributed by atoms with E-state index in [4.69, 9.17) is 17.0 Å². The summed E-state index contributed by atoms with van der Waals surface area (Å²) in [5, 5.41) is 17.3. The fourth-order valence-electron chi connectivity index (χ4n) is 1.99. The van der Waals surface area contributed by atoms with Crippen LogP contribution in [-0.4, -0.2) is 23.5 Å². The van der Waals surface area contributed by atoms with E-state index in [1.807, 2.05) is 32.0 Å². The van der Waals surface area contributed by atoms with Gasteiger partial charge in [-0.1, -0.05) is 12.1 Å². The summed E-state index contributed by atoms with van der Waals surface area (Å²) in [7, 11) is 1.50. The lowest BCUT2D eigenvalue weighted by Gasteiger charge is -2.11. The van der Waals surface area contributed by atoms with E-state index >= 15 is 0 Å². The zero-order valence-corrected chi connectivity index (χ0v) is 14.1. The van der Waals surface area contributed by atoms with Gasteiger partial charge in [-0.25, -0.2) is 0 Å². The van der Waals surface area contributed by atoms with Gasteiger partial charge in [0, 0.05) is 5.69 Å². The third-order valence-corrected chi connectivity index (χ3v) is 3.63. The van der Waals surface area contributed by atoms with E-state index in [9.17, 15) is 5.11 Å². The molecule has 6 heteroatoms. The Labute approximate surface area is 141 Å². The number of nitrogens with zero attached hydrogens (tertiary/aromatic N) is 1. The molecule has 0 saturated heterocycles. The standard InChI is InChI=1S/C17H19N3O2S/c1-11-5-4-6-14(12(11)2)19-17(23)20-18-10-13-7-8-16(22-3)15(21)9-13/h4-10,21H,1-3H3,(H2,19,20,23). The molecule has 0 aliphatic heterocycles. The Kier molecular flexibility index (Phi) is 5.54. The predicted octanol–water partition coefficient (Wildman–Crippen LogP) is 3.34. The highest BCUT2D eigenvalue weighted by Gasteiger charge is 2.03. The first-order valence-corrected chi connectivity index (χ1v) is 7.45. The van der Waals surface area contributed by atoms with E-state index in [1.165, 1.54) is 12.7 Å². The number of anilines is 1. The number of methoxy groups -OCH3 is 1. The van der Waals surface area contributed by atoms with E-state index in [2.05, 4.69) is 15.8 Å². The number of hydrogen-bond acceptors (Lipinski definition) is 4. The van der Waals surface area contributed by atoms with E-state index in [0.717, 1.165) is 16.8 Å². The molecule has 0 spiro atoms. The summed E-state index contributed by atoms with van der Waals surface area (Å²) >= 11 is 5.21. The fraction of sp³-hybridized carbons (Fsp3) is 0.176. The van der Waals surface area contributed by atoms with Crippen LogP contribution < -0.4 is 15.5 Å². The van der Waals surface area contributed by atoms with E-state index in [1.54, 1.807) is 24.4 Å². The maximum absolute atomic E-state index is 9.71. The molecule has 0 atom stereocenters. The van der Waals surface area contributed by atoms with E-state index in [0.29, 0.717) is 10.9 Å². The van der Waals surface area contributed by atoms with E-state index < -0.39 is 0 Å². The zero-order chi connectivity index (χ0) is 16.8. The maximum atomic E-state index is 9.71. The Morgan fingerprint density at radius 1 is 1.26 bits per heavy atom. The third kappa shape index (κ3) is 4.43. The lowest BCUT2D eigenvalue weighted by atomic mass is 10.1. The predicted molar refractivity (Wildman–Crippen MR) is 97.5 cm³/mol. The fourth-order valence-corrected chi connectivity index (χ4v) is 2.15. The molecule has 0 amide bonds. The van der Waals surface area contributed by atoms with Gasteiger partial charge in [0.2, 0.25) is 0 Å². The number of benzene rings is 2. The lowest BCUT2D eigenvalue weighted by Crippen LogP contribution is -2.24. The Bertz CT molecular complexity index is 745. The van der Waals surface area contributed by atoms with Crippen molar-refractivity contribution in [3.63, 3.8) is 0 Å². The molecule has 0 unspecified atom stereocenters. The molecule has 0 heterocycles. The van der Waals surface area contributed by atoms with E-state index in [-0.39, 0.29) is 5.75 Å². The molecule has 2 rings (SSSR count). The molecule has 0 radical (unpaired) electrons. The highest BCUT2D eigenvalue weighted by molar-refractivity contribution is 7.80. The maximum Gasteiger partial charge on any atom is 0.191 e. The first-order valence-electron chi connectivity index (χ1n) is 7.04. The van der Waals surface area contributed by atoms with Gasteiger partial charge in [0.05, 0.1) is 13.3 Å². The van der Waals surface area contributed by atoms with Gasteiger partial charge in [0.25, 0.3) is 0 Å². The molecule has 120 valence electrons. The number of rotatable bonds is 4. The number of ether oxygens (including phenoxy) is 1. The van der Waals surface area contributed by atoms with Crippen molar-refractivity contribution in [2.45, 2.75) is 13.8 Å². The first kappa shape index (κ1) is 16.8. The van der Waals surface area contributed by atoms with Crippen LogP contribution in [0.25, 0.3) is 0 Å². The van der Waals surface area contributed by atoms with Crippen LogP contribution in [0.2, 0.25) is 0 Å². The Morgan fingerprint density at radius 3 is 2.74 bits per heavy atom. The van der Waals surface area contributed by atoms with Crippen molar-refractivity contribution in [3.8, 4) is 11.5 Å². The molecular formula is C17H19N3O2S. The minimum absolute atomic E-state index is 0.0625. The summed E-state index contributed by atoms with van der Waals surface area (Å²) in [6.45, 7) is 4.08. The topological polar surface area (TPSA) is 65.9 Å². The van der Waals surface area contributed by atoms with Gasteiger partial charge in [-0.3, -0.25) is 5.43 Å². The Balaban J connectivity index is 1.96. The molecule has 23 heavy (non-hydrogen) atoms. The molecule has 0 aliphatic rings. The molecule has 2 aromatic rings. The minimum atomic E-state index is 0.0625. The minimum Gasteiger partial charge on any atom is -0.504 e. The van der Waals surface area contributed by atoms with Crippen molar-refractivity contribution in [3.05, 3.63) is 53.1 Å². The summed E-state index contributed by atoms with van der Waals surface area (Å²) in [5.74, 6) is 0.481. The Morgan fingerprint density at radius 2 is 2.04 bits per heavy atom. The number of phenolic OH excluding ortho intramolecular Hbond substituents is 1. The monoisotopic (exact) mass is 329 g/mol. The molecule has 0 aromatic heterocycles. The lowest BCUT2D eigenvalue weighted by molar-refractivity contribution is 0.373. The second-order valence-electron chi connectivity index (χ2n) is 5.00. The largest absolute Gasteiger partial charge is 0.504 e. The summed E-state index contributed by atoms with van der Waals surface area (Å²) in [6, 6.07) is 11.0. The van der Waals surface area contributed by atoms with Gasteiger partial charge >= 0.3 is 0 Å². The zero-order valence-electron chi connectivity index (χ0n) is 13.3. The van der Waals surface area contributed by atoms with Gasteiger partial charge in [0.15, 0.2) is 16.6 Å². The van der Waals surface area contributed by atoms with Crippen molar-refractivity contribution < 1.29 is 9.84 Å². The number of hydrogen-bond donors (Lipinski definition) is 3. The van der Waals surface area contributed by atoms with Crippen LogP contribution in [0.1, 0.15) is 16.7 Å². The second-order valence-corrected chi connectivity index (χ2v) is 5.41. The summed E-state index contributed by atoms with van der Waals surface area (Å²) in [4.78, 5) is 0. The highest BCUT2D eigenvalue weighted by Crippen LogP contribution is 2.25. The summed E-state index contributed by atoms with van der Waals surface area (Å²) < 4.78 is 4.99. The van der Waals surface area contributed by atoms with Crippen LogP contribution in [0.4, 0.5) is 5.69 Å². The number of nitrogens with one attached hydrogen (secondary N) is 2. The van der Waals surface area contributed by atoms with Gasteiger partial charge in [-0.2, -0.15) is 5.10 Å². The second kappa shape index (κ2) is 7.60. The van der Waals surface area contributed by atoms with Crippen LogP contribution in [0, 0.1) is 13.8 Å². The third-order valence-electron chi connectivity index (χ3n) is 3.44. The van der Waals surface area contributed by atoms with Crippen molar-refractivity contribution in [1.82, 2.24) is 5.43 Å². The highest BCUT2D eigenvalue weighted by atomic mass is 32.1. The van der Waals surface area contributed by atoms with Gasteiger partial charge in [-0.15, -0.1) is 0 Å².